The number of nitrogens with zero attached hydrogens (tertiary/aromatic N) is 1. The molecular weight excluding hydrogens is 246 g/mol. The second kappa shape index (κ2) is 7.26. The fourth-order valence-electron chi connectivity index (χ4n) is 5.02. The molecule has 2 fully saturated rings. The number of aliphatic hydroxyl groups excluding tert-OH is 1. The van der Waals surface area contributed by atoms with Crippen LogP contribution in [0.3, 0.4) is 0 Å². The number of rotatable bonds is 6. The summed E-state index contributed by atoms with van der Waals surface area (Å²) in [6.07, 6.45) is 11.2. The van der Waals surface area contributed by atoms with Gasteiger partial charge in [-0.2, -0.15) is 0 Å². The summed E-state index contributed by atoms with van der Waals surface area (Å²) in [6.45, 7) is 9.28. The molecule has 0 aromatic rings. The minimum absolute atomic E-state index is 0.0475. The molecule has 0 bridgehead atoms. The molecular formula is C18H35NO. The van der Waals surface area contributed by atoms with Gasteiger partial charge in [0.05, 0.1) is 6.10 Å². The van der Waals surface area contributed by atoms with Crippen LogP contribution < -0.4 is 0 Å². The van der Waals surface area contributed by atoms with Crippen LogP contribution in [0.5, 0.6) is 0 Å². The minimum atomic E-state index is -0.124. The van der Waals surface area contributed by atoms with E-state index in [0.29, 0.717) is 5.92 Å². The highest BCUT2D eigenvalue weighted by Gasteiger charge is 2.46. The molecule has 1 N–H and O–H groups in total. The van der Waals surface area contributed by atoms with E-state index in [4.69, 9.17) is 0 Å². The van der Waals surface area contributed by atoms with Crippen molar-refractivity contribution in [2.75, 3.05) is 13.1 Å². The first-order chi connectivity index (χ1) is 9.69. The normalized spacial score (nSPS) is 30.6. The Labute approximate surface area is 125 Å². The van der Waals surface area contributed by atoms with Crippen LogP contribution >= 0.6 is 0 Å². The Hall–Kier alpha value is -0.0800. The van der Waals surface area contributed by atoms with Crippen molar-refractivity contribution in [1.29, 1.82) is 0 Å². The van der Waals surface area contributed by atoms with Gasteiger partial charge >= 0.3 is 0 Å². The smallest absolute Gasteiger partial charge is 0.0754 e. The van der Waals surface area contributed by atoms with Gasteiger partial charge in [0, 0.05) is 5.54 Å². The molecule has 1 saturated heterocycles. The Kier molecular flexibility index (Phi) is 5.92. The zero-order chi connectivity index (χ0) is 14.6. The van der Waals surface area contributed by atoms with Crippen molar-refractivity contribution in [3.8, 4) is 0 Å². The van der Waals surface area contributed by atoms with Gasteiger partial charge in [0.15, 0.2) is 0 Å². The van der Waals surface area contributed by atoms with E-state index in [0.717, 1.165) is 18.8 Å². The summed E-state index contributed by atoms with van der Waals surface area (Å²) >= 11 is 0. The van der Waals surface area contributed by atoms with Gasteiger partial charge in [-0.15, -0.1) is 0 Å². The maximum absolute atomic E-state index is 11.3. The summed E-state index contributed by atoms with van der Waals surface area (Å²) in [5.74, 6) is 1.29. The molecule has 1 aliphatic heterocycles. The van der Waals surface area contributed by atoms with Crippen LogP contribution in [-0.4, -0.2) is 34.7 Å². The predicted octanol–water partition coefficient (Wildman–Crippen LogP) is 4.22. The zero-order valence-corrected chi connectivity index (χ0v) is 13.9. The van der Waals surface area contributed by atoms with Gasteiger partial charge in [0.1, 0.15) is 0 Å². The van der Waals surface area contributed by atoms with E-state index in [1.54, 1.807) is 0 Å². The van der Waals surface area contributed by atoms with Gasteiger partial charge in [0.25, 0.3) is 0 Å². The Morgan fingerprint density at radius 1 is 1.00 bits per heavy atom. The van der Waals surface area contributed by atoms with Crippen molar-refractivity contribution in [3.05, 3.63) is 0 Å². The van der Waals surface area contributed by atoms with Crippen LogP contribution in [0.2, 0.25) is 0 Å². The van der Waals surface area contributed by atoms with Gasteiger partial charge in [0.2, 0.25) is 0 Å². The lowest BCUT2D eigenvalue weighted by atomic mass is 9.68. The van der Waals surface area contributed by atoms with Gasteiger partial charge in [-0.3, -0.25) is 4.90 Å². The summed E-state index contributed by atoms with van der Waals surface area (Å²) in [6, 6.07) is 0. The van der Waals surface area contributed by atoms with Crippen molar-refractivity contribution in [1.82, 2.24) is 4.90 Å². The molecule has 1 heterocycles. The lowest BCUT2D eigenvalue weighted by Crippen LogP contribution is -2.58. The van der Waals surface area contributed by atoms with Gasteiger partial charge in [-0.05, 0) is 57.0 Å². The largest absolute Gasteiger partial charge is 0.391 e. The van der Waals surface area contributed by atoms with Crippen molar-refractivity contribution in [3.63, 3.8) is 0 Å². The topological polar surface area (TPSA) is 23.5 Å². The molecule has 0 spiro atoms. The van der Waals surface area contributed by atoms with E-state index in [2.05, 4.69) is 25.7 Å². The van der Waals surface area contributed by atoms with Crippen LogP contribution in [0.25, 0.3) is 0 Å². The molecule has 20 heavy (non-hydrogen) atoms. The standard InChI is InChI=1S/C18H35NO/c1-4-15-11-7-8-12-16(15)17(20)18(5-2,6-3)19-13-9-10-14-19/h15-17,20H,4-14H2,1-3H3. The van der Waals surface area contributed by atoms with Crippen LogP contribution in [0.4, 0.5) is 0 Å². The average molecular weight is 281 g/mol. The molecule has 0 aromatic heterocycles. The molecule has 118 valence electrons. The second-order valence-corrected chi connectivity index (χ2v) is 7.07. The highest BCUT2D eigenvalue weighted by atomic mass is 16.3. The van der Waals surface area contributed by atoms with Crippen LogP contribution in [0, 0.1) is 11.8 Å². The predicted molar refractivity (Wildman–Crippen MR) is 85.9 cm³/mol. The molecule has 1 saturated carbocycles. The van der Waals surface area contributed by atoms with Crippen LogP contribution in [0.15, 0.2) is 0 Å². The highest BCUT2D eigenvalue weighted by Crippen LogP contribution is 2.42. The third-order valence-corrected chi connectivity index (χ3v) is 6.41. The molecule has 3 atom stereocenters. The molecule has 0 amide bonds. The van der Waals surface area contributed by atoms with Crippen molar-refractivity contribution in [2.24, 2.45) is 11.8 Å². The highest BCUT2D eigenvalue weighted by molar-refractivity contribution is 5.00. The maximum atomic E-state index is 11.3. The molecule has 2 heteroatoms. The summed E-state index contributed by atoms with van der Waals surface area (Å²) in [7, 11) is 0. The molecule has 1 aliphatic carbocycles. The van der Waals surface area contributed by atoms with Gasteiger partial charge in [-0.1, -0.05) is 46.5 Å². The van der Waals surface area contributed by atoms with E-state index in [1.165, 1.54) is 58.0 Å². The van der Waals surface area contributed by atoms with E-state index in [-0.39, 0.29) is 11.6 Å². The number of hydrogen-bond acceptors (Lipinski definition) is 2. The molecule has 3 unspecified atom stereocenters. The lowest BCUT2D eigenvalue weighted by Gasteiger charge is -2.49. The number of aliphatic hydroxyl groups is 1. The summed E-state index contributed by atoms with van der Waals surface area (Å²) in [4.78, 5) is 2.62. The van der Waals surface area contributed by atoms with Gasteiger partial charge < -0.3 is 5.11 Å². The Bertz CT molecular complexity index is 281. The Balaban J connectivity index is 2.18. The third-order valence-electron chi connectivity index (χ3n) is 6.41. The van der Waals surface area contributed by atoms with E-state index < -0.39 is 0 Å². The average Bonchev–Trinajstić information content (AvgIpc) is 3.03. The molecule has 2 nitrogen and oxygen atoms in total. The summed E-state index contributed by atoms with van der Waals surface area (Å²) in [5, 5.41) is 11.3. The van der Waals surface area contributed by atoms with Crippen molar-refractivity contribution >= 4 is 0 Å². The summed E-state index contributed by atoms with van der Waals surface area (Å²) in [5.41, 5.74) is 0.0475. The Morgan fingerprint density at radius 2 is 1.60 bits per heavy atom. The third kappa shape index (κ3) is 2.92. The monoisotopic (exact) mass is 281 g/mol. The second-order valence-electron chi connectivity index (χ2n) is 7.07. The molecule has 0 radical (unpaired) electrons. The van der Waals surface area contributed by atoms with Crippen molar-refractivity contribution < 1.29 is 5.11 Å². The minimum Gasteiger partial charge on any atom is -0.391 e. The molecule has 2 rings (SSSR count). The van der Waals surface area contributed by atoms with E-state index in [9.17, 15) is 5.11 Å². The summed E-state index contributed by atoms with van der Waals surface area (Å²) < 4.78 is 0. The zero-order valence-electron chi connectivity index (χ0n) is 13.9. The quantitative estimate of drug-likeness (QED) is 0.788. The van der Waals surface area contributed by atoms with E-state index in [1.807, 2.05) is 0 Å². The SMILES string of the molecule is CCC1CCCCC1C(O)C(CC)(CC)N1CCCC1. The first-order valence-corrected chi connectivity index (χ1v) is 9.12. The van der Waals surface area contributed by atoms with Crippen molar-refractivity contribution in [2.45, 2.75) is 90.2 Å². The van der Waals surface area contributed by atoms with Crippen LogP contribution in [-0.2, 0) is 0 Å². The molecule has 2 aliphatic rings. The first-order valence-electron chi connectivity index (χ1n) is 9.12. The molecule has 0 aromatic carbocycles. The maximum Gasteiger partial charge on any atom is 0.0754 e. The number of likely N-dealkylation sites (tertiary alicyclic amines) is 1. The van der Waals surface area contributed by atoms with Crippen LogP contribution in [0.1, 0.15) is 78.6 Å². The van der Waals surface area contributed by atoms with E-state index >= 15 is 0 Å². The van der Waals surface area contributed by atoms with Gasteiger partial charge in [-0.25, -0.2) is 0 Å². The fourth-order valence-corrected chi connectivity index (χ4v) is 5.02. The Morgan fingerprint density at radius 3 is 2.15 bits per heavy atom. The number of hydrogen-bond donors (Lipinski definition) is 1. The lowest BCUT2D eigenvalue weighted by molar-refractivity contribution is -0.0809. The first kappa shape index (κ1) is 16.3. The fraction of sp³-hybridized carbons (Fsp3) is 1.00.